The molecule has 0 unspecified atom stereocenters. The molecule has 0 aromatic carbocycles. The summed E-state index contributed by atoms with van der Waals surface area (Å²) in [5, 5.41) is 10.1. The molecule has 1 aliphatic carbocycles. The lowest BCUT2D eigenvalue weighted by molar-refractivity contribution is -0.144. The van der Waals surface area contributed by atoms with Gasteiger partial charge >= 0.3 is 5.92 Å². The van der Waals surface area contributed by atoms with Crippen LogP contribution in [-0.4, -0.2) is 28.7 Å². The molecule has 0 saturated heterocycles. The highest BCUT2D eigenvalue weighted by Gasteiger charge is 2.43. The highest BCUT2D eigenvalue weighted by Crippen LogP contribution is 2.37. The highest BCUT2D eigenvalue weighted by molar-refractivity contribution is 5.86. The second-order valence-corrected chi connectivity index (χ2v) is 7.48. The fourth-order valence-electron chi connectivity index (χ4n) is 3.77. The number of ketones is 2. The maximum atomic E-state index is 13.8. The second kappa shape index (κ2) is 11.0. The van der Waals surface area contributed by atoms with Crippen molar-refractivity contribution in [1.82, 2.24) is 0 Å². The molecule has 3 atom stereocenters. The zero-order valence-electron chi connectivity index (χ0n) is 15.7. The minimum atomic E-state index is -3.28. The number of carbonyl (C=O) groups excluding carboxylic acids is 2. The van der Waals surface area contributed by atoms with Crippen molar-refractivity contribution in [3.8, 4) is 0 Å². The van der Waals surface area contributed by atoms with Gasteiger partial charge in [0.2, 0.25) is 5.78 Å². The third-order valence-electron chi connectivity index (χ3n) is 5.41. The first-order valence-electron chi connectivity index (χ1n) is 9.95. The quantitative estimate of drug-likeness (QED) is 0.466. The van der Waals surface area contributed by atoms with Crippen LogP contribution in [-0.2, 0) is 9.59 Å². The van der Waals surface area contributed by atoms with E-state index in [9.17, 15) is 23.5 Å². The summed E-state index contributed by atoms with van der Waals surface area (Å²) < 4.78 is 27.6. The largest absolute Gasteiger partial charge is 0.392 e. The molecule has 0 amide bonds. The van der Waals surface area contributed by atoms with Gasteiger partial charge in [-0.2, -0.15) is 8.78 Å². The lowest BCUT2D eigenvalue weighted by atomic mass is 9.85. The molecule has 5 heteroatoms. The first-order chi connectivity index (χ1) is 11.8. The standard InChI is InChI=1S/C20H34F2O3/c1-3-5-7-8-9-10-15-16(18(24)14-17(15)23)11-12-19(25)20(21,22)13-6-4-2/h15-16,18,24H,3-14H2,1-2H3/t15-,16+,18-/m1/s1. The van der Waals surface area contributed by atoms with E-state index in [-0.39, 0.29) is 36.9 Å². The van der Waals surface area contributed by atoms with Crippen molar-refractivity contribution in [2.24, 2.45) is 11.8 Å². The maximum Gasteiger partial charge on any atom is 0.305 e. The third-order valence-corrected chi connectivity index (χ3v) is 5.41. The van der Waals surface area contributed by atoms with E-state index in [1.807, 2.05) is 6.92 Å². The summed E-state index contributed by atoms with van der Waals surface area (Å²) in [7, 11) is 0. The van der Waals surface area contributed by atoms with Gasteiger partial charge in [0.1, 0.15) is 5.78 Å². The minimum absolute atomic E-state index is 0.0261. The van der Waals surface area contributed by atoms with Gasteiger partial charge in [-0.05, 0) is 25.2 Å². The summed E-state index contributed by atoms with van der Waals surface area (Å²) in [5.41, 5.74) is 0. The molecule has 1 saturated carbocycles. The zero-order chi connectivity index (χ0) is 18.9. The van der Waals surface area contributed by atoms with Crippen LogP contribution in [0, 0.1) is 11.8 Å². The molecule has 1 fully saturated rings. The van der Waals surface area contributed by atoms with Gasteiger partial charge in [-0.3, -0.25) is 9.59 Å². The number of aliphatic hydroxyl groups excluding tert-OH is 1. The number of aliphatic hydroxyl groups is 1. The Morgan fingerprint density at radius 3 is 2.36 bits per heavy atom. The molecule has 0 radical (unpaired) electrons. The van der Waals surface area contributed by atoms with Crippen molar-refractivity contribution < 1.29 is 23.5 Å². The Labute approximate surface area is 150 Å². The Morgan fingerprint density at radius 1 is 1.08 bits per heavy atom. The molecular weight excluding hydrogens is 326 g/mol. The molecule has 0 heterocycles. The molecule has 0 bridgehead atoms. The number of rotatable bonds is 13. The van der Waals surface area contributed by atoms with Crippen LogP contribution in [0.2, 0.25) is 0 Å². The maximum absolute atomic E-state index is 13.8. The number of hydrogen-bond donors (Lipinski definition) is 1. The lowest BCUT2D eigenvalue weighted by Crippen LogP contribution is -2.30. The normalized spacial score (nSPS) is 24.0. The molecule has 3 nitrogen and oxygen atoms in total. The molecule has 0 aromatic heterocycles. The topological polar surface area (TPSA) is 54.4 Å². The van der Waals surface area contributed by atoms with Crippen LogP contribution < -0.4 is 0 Å². The lowest BCUT2D eigenvalue weighted by Gasteiger charge is -2.22. The predicted molar refractivity (Wildman–Crippen MR) is 94.7 cm³/mol. The summed E-state index contributed by atoms with van der Waals surface area (Å²) in [5.74, 6) is -4.91. The van der Waals surface area contributed by atoms with Crippen molar-refractivity contribution in [2.45, 2.75) is 103 Å². The first-order valence-corrected chi connectivity index (χ1v) is 9.95. The Balaban J connectivity index is 2.50. The van der Waals surface area contributed by atoms with E-state index in [2.05, 4.69) is 6.92 Å². The molecule has 146 valence electrons. The van der Waals surface area contributed by atoms with E-state index < -0.39 is 24.2 Å². The summed E-state index contributed by atoms with van der Waals surface area (Å²) in [6.45, 7) is 3.95. The fraction of sp³-hybridized carbons (Fsp3) is 0.900. The van der Waals surface area contributed by atoms with E-state index in [0.717, 1.165) is 25.7 Å². The molecule has 1 aliphatic rings. The van der Waals surface area contributed by atoms with Crippen LogP contribution in [0.3, 0.4) is 0 Å². The van der Waals surface area contributed by atoms with Gasteiger partial charge in [-0.15, -0.1) is 0 Å². The molecule has 0 aliphatic heterocycles. The third kappa shape index (κ3) is 7.12. The Kier molecular flexibility index (Phi) is 9.77. The van der Waals surface area contributed by atoms with Crippen molar-refractivity contribution in [3.05, 3.63) is 0 Å². The Morgan fingerprint density at radius 2 is 1.72 bits per heavy atom. The van der Waals surface area contributed by atoms with Crippen LogP contribution in [0.4, 0.5) is 8.78 Å². The van der Waals surface area contributed by atoms with Gasteiger partial charge in [0, 0.05) is 25.2 Å². The average Bonchev–Trinajstić information content (AvgIpc) is 2.83. The molecule has 1 rings (SSSR count). The Bertz CT molecular complexity index is 423. The summed E-state index contributed by atoms with van der Waals surface area (Å²) >= 11 is 0. The van der Waals surface area contributed by atoms with Gasteiger partial charge in [0.25, 0.3) is 0 Å². The Hall–Kier alpha value is -0.840. The highest BCUT2D eigenvalue weighted by atomic mass is 19.3. The first kappa shape index (κ1) is 22.2. The van der Waals surface area contributed by atoms with E-state index in [0.29, 0.717) is 19.3 Å². The molecule has 25 heavy (non-hydrogen) atoms. The van der Waals surface area contributed by atoms with Crippen molar-refractivity contribution in [3.63, 3.8) is 0 Å². The number of Topliss-reactive ketones (excluding diaryl/α,β-unsaturated/α-hetero) is 2. The molecular formula is C20H34F2O3. The monoisotopic (exact) mass is 360 g/mol. The van der Waals surface area contributed by atoms with Gasteiger partial charge in [-0.25, -0.2) is 0 Å². The van der Waals surface area contributed by atoms with Gasteiger partial charge in [0.05, 0.1) is 6.10 Å². The van der Waals surface area contributed by atoms with Gasteiger partial charge in [-0.1, -0.05) is 52.4 Å². The van der Waals surface area contributed by atoms with E-state index in [4.69, 9.17) is 0 Å². The number of alkyl halides is 2. The van der Waals surface area contributed by atoms with Gasteiger partial charge < -0.3 is 5.11 Å². The number of carbonyl (C=O) groups is 2. The van der Waals surface area contributed by atoms with Crippen LogP contribution >= 0.6 is 0 Å². The van der Waals surface area contributed by atoms with Gasteiger partial charge in [0.15, 0.2) is 0 Å². The van der Waals surface area contributed by atoms with Crippen LogP contribution in [0.1, 0.15) is 90.9 Å². The molecule has 0 aromatic rings. The van der Waals surface area contributed by atoms with Crippen LogP contribution in [0.5, 0.6) is 0 Å². The van der Waals surface area contributed by atoms with E-state index in [1.54, 1.807) is 0 Å². The predicted octanol–water partition coefficient (Wildman–Crippen LogP) is 5.09. The molecule has 1 N–H and O–H groups in total. The molecule has 0 spiro atoms. The number of hydrogen-bond acceptors (Lipinski definition) is 3. The van der Waals surface area contributed by atoms with E-state index >= 15 is 0 Å². The second-order valence-electron chi connectivity index (χ2n) is 7.48. The summed E-state index contributed by atoms with van der Waals surface area (Å²) in [6.07, 6.45) is 5.91. The van der Waals surface area contributed by atoms with E-state index in [1.165, 1.54) is 6.42 Å². The average molecular weight is 360 g/mol. The smallest absolute Gasteiger partial charge is 0.305 e. The van der Waals surface area contributed by atoms with Crippen molar-refractivity contribution in [1.29, 1.82) is 0 Å². The number of unbranched alkanes of at least 4 members (excludes halogenated alkanes) is 5. The van der Waals surface area contributed by atoms with Crippen LogP contribution in [0.25, 0.3) is 0 Å². The fourth-order valence-corrected chi connectivity index (χ4v) is 3.77. The minimum Gasteiger partial charge on any atom is -0.392 e. The van der Waals surface area contributed by atoms with Crippen molar-refractivity contribution in [2.75, 3.05) is 0 Å². The van der Waals surface area contributed by atoms with Crippen LogP contribution in [0.15, 0.2) is 0 Å². The zero-order valence-corrected chi connectivity index (χ0v) is 15.7. The van der Waals surface area contributed by atoms with Crippen molar-refractivity contribution >= 4 is 11.6 Å². The number of halogens is 2. The summed E-state index contributed by atoms with van der Waals surface area (Å²) in [4.78, 5) is 23.9. The SMILES string of the molecule is CCCCCCC[C@H]1C(=O)C[C@@H](O)[C@H]1CCC(=O)C(F)(F)CCCC. The summed E-state index contributed by atoms with van der Waals surface area (Å²) in [6, 6.07) is 0.